The van der Waals surface area contributed by atoms with Gasteiger partial charge in [-0.05, 0) is 37.9 Å². The van der Waals surface area contributed by atoms with Gasteiger partial charge < -0.3 is 5.32 Å². The monoisotopic (exact) mass is 297 g/mol. The van der Waals surface area contributed by atoms with Crippen molar-refractivity contribution in [1.82, 2.24) is 9.97 Å². The number of nitrogens with zero attached hydrogens (tertiary/aromatic N) is 2. The molecule has 1 N–H and O–H groups in total. The summed E-state index contributed by atoms with van der Waals surface area (Å²) in [6, 6.07) is 2.40. The van der Waals surface area contributed by atoms with Crippen LogP contribution in [0.3, 0.4) is 0 Å². The molecule has 0 amide bonds. The molecule has 3 nitrogen and oxygen atoms in total. The van der Waals surface area contributed by atoms with E-state index in [1.807, 2.05) is 6.07 Å². The van der Waals surface area contributed by atoms with Crippen molar-refractivity contribution >= 4 is 29.2 Å². The SMILES string of the molecule is CCSC1CCC(Nc2cc(Cl)nc(C3CC3)n2)C1. The van der Waals surface area contributed by atoms with Crippen molar-refractivity contribution < 1.29 is 0 Å². The van der Waals surface area contributed by atoms with E-state index in [9.17, 15) is 0 Å². The summed E-state index contributed by atoms with van der Waals surface area (Å²) < 4.78 is 0. The number of anilines is 1. The van der Waals surface area contributed by atoms with Gasteiger partial charge in [-0.3, -0.25) is 0 Å². The van der Waals surface area contributed by atoms with Gasteiger partial charge in [-0.25, -0.2) is 9.97 Å². The van der Waals surface area contributed by atoms with Crippen molar-refractivity contribution in [3.63, 3.8) is 0 Å². The fraction of sp³-hybridized carbons (Fsp3) is 0.714. The van der Waals surface area contributed by atoms with Gasteiger partial charge in [0.15, 0.2) is 0 Å². The summed E-state index contributed by atoms with van der Waals surface area (Å²) in [5.41, 5.74) is 0. The Morgan fingerprint density at radius 3 is 2.89 bits per heavy atom. The highest BCUT2D eigenvalue weighted by Crippen LogP contribution is 2.39. The summed E-state index contributed by atoms with van der Waals surface area (Å²) >= 11 is 8.17. The van der Waals surface area contributed by atoms with E-state index in [0.717, 1.165) is 16.9 Å². The topological polar surface area (TPSA) is 37.8 Å². The molecule has 19 heavy (non-hydrogen) atoms. The van der Waals surface area contributed by atoms with Crippen LogP contribution in [0.2, 0.25) is 5.15 Å². The van der Waals surface area contributed by atoms with Crippen LogP contribution < -0.4 is 5.32 Å². The van der Waals surface area contributed by atoms with Crippen molar-refractivity contribution in [2.75, 3.05) is 11.1 Å². The Bertz CT molecular complexity index is 450. The highest BCUT2D eigenvalue weighted by atomic mass is 35.5. The molecule has 104 valence electrons. The zero-order valence-electron chi connectivity index (χ0n) is 11.2. The van der Waals surface area contributed by atoms with Gasteiger partial charge in [-0.15, -0.1) is 0 Å². The maximum Gasteiger partial charge on any atom is 0.135 e. The van der Waals surface area contributed by atoms with Gasteiger partial charge in [0, 0.05) is 23.3 Å². The van der Waals surface area contributed by atoms with E-state index < -0.39 is 0 Å². The molecular formula is C14H20ClN3S. The highest BCUT2D eigenvalue weighted by Gasteiger charge is 2.28. The van der Waals surface area contributed by atoms with Crippen LogP contribution in [-0.2, 0) is 0 Å². The van der Waals surface area contributed by atoms with E-state index in [1.165, 1.54) is 37.9 Å². The van der Waals surface area contributed by atoms with Crippen molar-refractivity contribution in [1.29, 1.82) is 0 Å². The maximum absolute atomic E-state index is 6.09. The van der Waals surface area contributed by atoms with Crippen LogP contribution in [-0.4, -0.2) is 27.0 Å². The predicted molar refractivity (Wildman–Crippen MR) is 82.2 cm³/mol. The minimum Gasteiger partial charge on any atom is -0.367 e. The van der Waals surface area contributed by atoms with E-state index in [0.29, 0.717) is 17.1 Å². The molecule has 0 radical (unpaired) electrons. The van der Waals surface area contributed by atoms with E-state index in [1.54, 1.807) is 0 Å². The molecule has 2 atom stereocenters. The first-order valence-corrected chi connectivity index (χ1v) is 8.60. The van der Waals surface area contributed by atoms with E-state index in [2.05, 4.69) is 34.0 Å². The average molecular weight is 298 g/mol. The van der Waals surface area contributed by atoms with Crippen LogP contribution in [0.4, 0.5) is 5.82 Å². The normalized spacial score (nSPS) is 26.6. The molecule has 0 aromatic carbocycles. The van der Waals surface area contributed by atoms with Gasteiger partial charge in [0.25, 0.3) is 0 Å². The fourth-order valence-electron chi connectivity index (χ4n) is 2.70. The van der Waals surface area contributed by atoms with Gasteiger partial charge in [-0.1, -0.05) is 18.5 Å². The van der Waals surface area contributed by atoms with Crippen LogP contribution in [0.5, 0.6) is 0 Å². The Balaban J connectivity index is 1.63. The second-order valence-electron chi connectivity index (χ2n) is 5.44. The minimum absolute atomic E-state index is 0.544. The number of hydrogen-bond acceptors (Lipinski definition) is 4. The van der Waals surface area contributed by atoms with Gasteiger partial charge in [-0.2, -0.15) is 11.8 Å². The lowest BCUT2D eigenvalue weighted by Crippen LogP contribution is -2.17. The van der Waals surface area contributed by atoms with E-state index in [-0.39, 0.29) is 0 Å². The van der Waals surface area contributed by atoms with E-state index in [4.69, 9.17) is 11.6 Å². The zero-order valence-corrected chi connectivity index (χ0v) is 12.8. The van der Waals surface area contributed by atoms with Crippen LogP contribution in [0.25, 0.3) is 0 Å². The summed E-state index contributed by atoms with van der Waals surface area (Å²) in [4.78, 5) is 8.94. The third-order valence-electron chi connectivity index (χ3n) is 3.79. The number of thioether (sulfide) groups is 1. The Kier molecular flexibility index (Phi) is 4.18. The molecule has 2 unspecified atom stereocenters. The van der Waals surface area contributed by atoms with Crippen LogP contribution in [0.1, 0.15) is 50.8 Å². The lowest BCUT2D eigenvalue weighted by atomic mass is 10.2. The molecule has 1 aromatic heterocycles. The van der Waals surface area contributed by atoms with Gasteiger partial charge in [0.2, 0.25) is 0 Å². The van der Waals surface area contributed by atoms with Crippen molar-refractivity contribution in [3.8, 4) is 0 Å². The molecule has 1 heterocycles. The Hall–Kier alpha value is -0.480. The van der Waals surface area contributed by atoms with Crippen molar-refractivity contribution in [2.24, 2.45) is 0 Å². The molecule has 1 aromatic rings. The van der Waals surface area contributed by atoms with E-state index >= 15 is 0 Å². The molecule has 2 saturated carbocycles. The van der Waals surface area contributed by atoms with Gasteiger partial charge >= 0.3 is 0 Å². The summed E-state index contributed by atoms with van der Waals surface area (Å²) in [7, 11) is 0. The lowest BCUT2D eigenvalue weighted by molar-refractivity contribution is 0.748. The minimum atomic E-state index is 0.544. The summed E-state index contributed by atoms with van der Waals surface area (Å²) in [5, 5.41) is 4.92. The lowest BCUT2D eigenvalue weighted by Gasteiger charge is -2.14. The first kappa shape index (κ1) is 13.5. The van der Waals surface area contributed by atoms with Crippen LogP contribution in [0, 0.1) is 0 Å². The molecule has 0 saturated heterocycles. The smallest absolute Gasteiger partial charge is 0.135 e. The van der Waals surface area contributed by atoms with Crippen LogP contribution in [0.15, 0.2) is 6.07 Å². The molecular weight excluding hydrogens is 278 g/mol. The molecule has 5 heteroatoms. The predicted octanol–water partition coefficient (Wildman–Crippen LogP) is 4.09. The second kappa shape index (κ2) is 5.88. The van der Waals surface area contributed by atoms with Crippen LogP contribution >= 0.6 is 23.4 Å². The number of aromatic nitrogens is 2. The van der Waals surface area contributed by atoms with Gasteiger partial charge in [0.05, 0.1) is 0 Å². The van der Waals surface area contributed by atoms with Crippen molar-refractivity contribution in [3.05, 3.63) is 17.0 Å². The number of rotatable bonds is 5. The molecule has 2 aliphatic carbocycles. The first-order valence-electron chi connectivity index (χ1n) is 7.17. The molecule has 0 aliphatic heterocycles. The number of hydrogen-bond donors (Lipinski definition) is 1. The Morgan fingerprint density at radius 2 is 2.16 bits per heavy atom. The van der Waals surface area contributed by atoms with Gasteiger partial charge in [0.1, 0.15) is 16.8 Å². The quantitative estimate of drug-likeness (QED) is 0.831. The molecule has 2 fully saturated rings. The van der Waals surface area contributed by atoms with Crippen molar-refractivity contribution in [2.45, 2.75) is 56.2 Å². The average Bonchev–Trinajstić information content (AvgIpc) is 3.13. The summed E-state index contributed by atoms with van der Waals surface area (Å²) in [5.74, 6) is 3.59. The standard InChI is InChI=1S/C14H20ClN3S/c1-2-19-11-6-5-10(7-11)16-13-8-12(15)17-14(18-13)9-3-4-9/h8-11H,2-7H2,1H3,(H,16,17,18). The third-order valence-corrected chi connectivity index (χ3v) is 5.22. The summed E-state index contributed by atoms with van der Waals surface area (Å²) in [6.45, 7) is 2.23. The fourth-order valence-corrected chi connectivity index (χ4v) is 4.03. The maximum atomic E-state index is 6.09. The second-order valence-corrected chi connectivity index (χ2v) is 7.40. The highest BCUT2D eigenvalue weighted by molar-refractivity contribution is 7.99. The molecule has 2 aliphatic rings. The Labute approximate surface area is 123 Å². The molecule has 3 rings (SSSR count). The first-order chi connectivity index (χ1) is 9.24. The molecule has 0 bridgehead atoms. The number of halogens is 1. The Morgan fingerprint density at radius 1 is 1.32 bits per heavy atom. The molecule has 0 spiro atoms. The number of nitrogens with one attached hydrogen (secondary N) is 1. The summed E-state index contributed by atoms with van der Waals surface area (Å²) in [6.07, 6.45) is 6.19. The third kappa shape index (κ3) is 3.54. The largest absolute Gasteiger partial charge is 0.367 e. The zero-order chi connectivity index (χ0) is 13.2.